The first-order valence-corrected chi connectivity index (χ1v) is 4.43. The molecule has 0 aromatic rings. The van der Waals surface area contributed by atoms with Crippen molar-refractivity contribution in [3.05, 3.63) is 0 Å². The summed E-state index contributed by atoms with van der Waals surface area (Å²) in [6, 6.07) is 0. The van der Waals surface area contributed by atoms with Gasteiger partial charge in [0.1, 0.15) is 17.0 Å². The molecule has 0 amide bonds. The van der Waals surface area contributed by atoms with Crippen molar-refractivity contribution >= 4 is 28.9 Å². The summed E-state index contributed by atoms with van der Waals surface area (Å²) in [4.78, 5) is 55.9. The normalized spacial score (nSPS) is 20.3. The van der Waals surface area contributed by atoms with Crippen LogP contribution in [0.2, 0.25) is 0 Å². The molecule has 0 aliphatic heterocycles. The summed E-state index contributed by atoms with van der Waals surface area (Å²) in [7, 11) is 0. The number of rotatable bonds is 2. The van der Waals surface area contributed by atoms with E-state index in [0.29, 0.717) is 0 Å². The molecule has 0 atom stereocenters. The maximum Gasteiger partial charge on any atom is 0.264 e. The van der Waals surface area contributed by atoms with Crippen molar-refractivity contribution in [2.75, 3.05) is 0 Å². The molecule has 5 nitrogen and oxygen atoms in total. The summed E-state index contributed by atoms with van der Waals surface area (Å²) in [5.41, 5.74) is -1.60. The predicted molar refractivity (Wildman–Crippen MR) is 48.1 cm³/mol. The van der Waals surface area contributed by atoms with E-state index in [1.807, 2.05) is 0 Å². The zero-order valence-corrected chi connectivity index (χ0v) is 8.46. The van der Waals surface area contributed by atoms with Crippen molar-refractivity contribution in [2.45, 2.75) is 26.7 Å². The number of carbonyl (C=O) groups is 5. The molecule has 0 aromatic heterocycles. The van der Waals surface area contributed by atoms with Gasteiger partial charge in [-0.1, -0.05) is 0 Å². The van der Waals surface area contributed by atoms with Gasteiger partial charge < -0.3 is 0 Å². The Morgan fingerprint density at radius 1 is 0.933 bits per heavy atom. The Morgan fingerprint density at radius 3 is 1.53 bits per heavy atom. The van der Waals surface area contributed by atoms with Crippen LogP contribution < -0.4 is 0 Å². The maximum atomic E-state index is 11.3. The average Bonchev–Trinajstić information content (AvgIpc) is 2.12. The van der Waals surface area contributed by atoms with E-state index in [1.54, 1.807) is 0 Å². The Bertz CT molecular complexity index is 355. The fourth-order valence-corrected chi connectivity index (χ4v) is 1.67. The van der Waals surface area contributed by atoms with Crippen LogP contribution in [0.3, 0.4) is 0 Å². The van der Waals surface area contributed by atoms with E-state index in [9.17, 15) is 24.0 Å². The van der Waals surface area contributed by atoms with Crippen LogP contribution in [0.5, 0.6) is 0 Å². The van der Waals surface area contributed by atoms with E-state index in [0.717, 1.165) is 13.8 Å². The van der Waals surface area contributed by atoms with Gasteiger partial charge in [0.2, 0.25) is 11.6 Å². The van der Waals surface area contributed by atoms with Crippen molar-refractivity contribution in [3.8, 4) is 0 Å². The van der Waals surface area contributed by atoms with Crippen molar-refractivity contribution in [1.82, 2.24) is 0 Å². The lowest BCUT2D eigenvalue weighted by Gasteiger charge is -2.29. The largest absolute Gasteiger partial charge is 0.299 e. The number of hydrogen-bond acceptors (Lipinski definition) is 5. The van der Waals surface area contributed by atoms with Crippen LogP contribution in [-0.4, -0.2) is 28.9 Å². The first-order valence-electron chi connectivity index (χ1n) is 4.43. The van der Waals surface area contributed by atoms with Gasteiger partial charge in [0, 0.05) is 12.8 Å². The lowest BCUT2D eigenvalue weighted by molar-refractivity contribution is -0.155. The number of Topliss-reactive ketones (excluding diaryl/α,β-unsaturated/α-hetero) is 5. The van der Waals surface area contributed by atoms with E-state index < -0.39 is 47.2 Å². The monoisotopic (exact) mass is 210 g/mol. The fraction of sp³-hybridized carbons (Fsp3) is 0.500. The van der Waals surface area contributed by atoms with Crippen LogP contribution >= 0.6 is 0 Å². The third-order valence-corrected chi connectivity index (χ3v) is 2.78. The van der Waals surface area contributed by atoms with E-state index in [2.05, 4.69) is 0 Å². The van der Waals surface area contributed by atoms with Crippen LogP contribution in [0.15, 0.2) is 0 Å². The summed E-state index contributed by atoms with van der Waals surface area (Å²) < 4.78 is 0. The lowest BCUT2D eigenvalue weighted by atomic mass is 9.68. The average molecular weight is 210 g/mol. The number of ketones is 5. The van der Waals surface area contributed by atoms with Gasteiger partial charge >= 0.3 is 0 Å². The van der Waals surface area contributed by atoms with Gasteiger partial charge in [-0.15, -0.1) is 0 Å². The highest BCUT2D eigenvalue weighted by Crippen LogP contribution is 2.33. The van der Waals surface area contributed by atoms with Crippen LogP contribution in [0.25, 0.3) is 0 Å². The minimum Gasteiger partial charge on any atom is -0.299 e. The molecule has 1 saturated carbocycles. The highest BCUT2D eigenvalue weighted by Gasteiger charge is 2.50. The molecule has 1 fully saturated rings. The van der Waals surface area contributed by atoms with Crippen LogP contribution in [0, 0.1) is 5.41 Å². The first kappa shape index (κ1) is 11.4. The zero-order valence-electron chi connectivity index (χ0n) is 8.46. The van der Waals surface area contributed by atoms with E-state index >= 15 is 0 Å². The van der Waals surface area contributed by atoms with Gasteiger partial charge in [0.05, 0.1) is 0 Å². The molecule has 1 aliphatic carbocycles. The zero-order chi connectivity index (χ0) is 11.8. The van der Waals surface area contributed by atoms with Crippen molar-refractivity contribution in [2.24, 2.45) is 5.41 Å². The SMILES string of the molecule is CC(=O)C1(C(C)=O)CC(=O)C(=O)C(=O)C1. The Balaban J connectivity index is 3.19. The molecule has 0 saturated heterocycles. The highest BCUT2D eigenvalue weighted by atomic mass is 16.2. The quantitative estimate of drug-likeness (QED) is 0.459. The van der Waals surface area contributed by atoms with Crippen molar-refractivity contribution < 1.29 is 24.0 Å². The summed E-state index contributed by atoms with van der Waals surface area (Å²) in [6.07, 6.45) is -0.940. The molecule has 1 aliphatic rings. The molecule has 1 rings (SSSR count). The van der Waals surface area contributed by atoms with E-state index in [4.69, 9.17) is 0 Å². The Hall–Kier alpha value is -1.65. The topological polar surface area (TPSA) is 85.3 Å². The summed E-state index contributed by atoms with van der Waals surface area (Å²) in [5.74, 6) is -4.07. The van der Waals surface area contributed by atoms with Crippen molar-refractivity contribution in [1.29, 1.82) is 0 Å². The third kappa shape index (κ3) is 1.65. The van der Waals surface area contributed by atoms with Crippen LogP contribution in [0.1, 0.15) is 26.7 Å². The summed E-state index contributed by atoms with van der Waals surface area (Å²) in [6.45, 7) is 2.30. The number of carbonyl (C=O) groups excluding carboxylic acids is 5. The smallest absolute Gasteiger partial charge is 0.264 e. The molecule has 0 aromatic carbocycles. The molecule has 0 radical (unpaired) electrons. The molecular formula is C10H10O5. The second kappa shape index (κ2) is 3.49. The third-order valence-electron chi connectivity index (χ3n) is 2.78. The molecule has 15 heavy (non-hydrogen) atoms. The molecule has 80 valence electrons. The number of hydrogen-bond donors (Lipinski definition) is 0. The van der Waals surface area contributed by atoms with E-state index in [-0.39, 0.29) is 0 Å². The fourth-order valence-electron chi connectivity index (χ4n) is 1.67. The maximum absolute atomic E-state index is 11.3. The molecule has 0 N–H and O–H groups in total. The molecule has 0 heterocycles. The van der Waals surface area contributed by atoms with E-state index in [1.165, 1.54) is 0 Å². The lowest BCUT2D eigenvalue weighted by Crippen LogP contribution is -2.48. The van der Waals surface area contributed by atoms with Gasteiger partial charge in [0.25, 0.3) is 5.78 Å². The molecule has 0 unspecified atom stereocenters. The molecular weight excluding hydrogens is 200 g/mol. The molecule has 5 heteroatoms. The van der Waals surface area contributed by atoms with Gasteiger partial charge in [-0.25, -0.2) is 0 Å². The Labute approximate surface area is 85.8 Å². The first-order chi connectivity index (χ1) is 6.81. The van der Waals surface area contributed by atoms with Gasteiger partial charge in [-0.05, 0) is 13.8 Å². The summed E-state index contributed by atoms with van der Waals surface area (Å²) >= 11 is 0. The van der Waals surface area contributed by atoms with Crippen molar-refractivity contribution in [3.63, 3.8) is 0 Å². The Morgan fingerprint density at radius 2 is 1.27 bits per heavy atom. The van der Waals surface area contributed by atoms with Crippen LogP contribution in [0.4, 0.5) is 0 Å². The summed E-state index contributed by atoms with van der Waals surface area (Å²) in [5, 5.41) is 0. The molecule has 0 bridgehead atoms. The standard InChI is InChI=1S/C10H10O5/c1-5(11)10(6(2)12)3-7(13)9(15)8(14)4-10/h3-4H2,1-2H3. The minimum absolute atomic E-state index is 0.470. The van der Waals surface area contributed by atoms with Gasteiger partial charge in [-0.2, -0.15) is 0 Å². The second-order valence-corrected chi connectivity index (χ2v) is 3.72. The van der Waals surface area contributed by atoms with Crippen LogP contribution in [-0.2, 0) is 24.0 Å². The minimum atomic E-state index is -1.60. The highest BCUT2D eigenvalue weighted by molar-refractivity contribution is 6.65. The van der Waals surface area contributed by atoms with Gasteiger partial charge in [-0.3, -0.25) is 24.0 Å². The molecule has 0 spiro atoms. The predicted octanol–water partition coefficient (Wildman–Crippen LogP) is -0.348. The second-order valence-electron chi connectivity index (χ2n) is 3.72. The Kier molecular flexibility index (Phi) is 2.66. The van der Waals surface area contributed by atoms with Gasteiger partial charge in [0.15, 0.2) is 0 Å².